The van der Waals surface area contributed by atoms with Crippen LogP contribution in [0.4, 0.5) is 19.0 Å². The minimum Gasteiger partial charge on any atom is -0.365 e. The van der Waals surface area contributed by atoms with E-state index >= 15 is 0 Å². The van der Waals surface area contributed by atoms with E-state index in [0.29, 0.717) is 0 Å². The Morgan fingerprint density at radius 1 is 1.33 bits per heavy atom. The van der Waals surface area contributed by atoms with Crippen molar-refractivity contribution in [2.45, 2.75) is 12.7 Å². The van der Waals surface area contributed by atoms with Crippen LogP contribution < -0.4 is 5.32 Å². The standard InChI is InChI=1S/C10H7BrF3N3S/c11-6-1-8(10(12,13)14)9(16-2-6)17-4-7-3-15-5-18-7/h1-3,5H,4H2,(H,16,17). The van der Waals surface area contributed by atoms with Gasteiger partial charge in [0.2, 0.25) is 0 Å². The van der Waals surface area contributed by atoms with E-state index in [2.05, 4.69) is 31.2 Å². The Morgan fingerprint density at radius 3 is 2.72 bits per heavy atom. The van der Waals surface area contributed by atoms with Gasteiger partial charge in [0.15, 0.2) is 0 Å². The van der Waals surface area contributed by atoms with Gasteiger partial charge in [-0.25, -0.2) is 4.98 Å². The molecule has 0 radical (unpaired) electrons. The molecule has 0 fully saturated rings. The van der Waals surface area contributed by atoms with E-state index in [1.54, 1.807) is 11.7 Å². The second-order valence-corrected chi connectivity index (χ2v) is 5.26. The maximum absolute atomic E-state index is 12.8. The van der Waals surface area contributed by atoms with Crippen molar-refractivity contribution in [3.63, 3.8) is 0 Å². The van der Waals surface area contributed by atoms with Gasteiger partial charge in [-0.2, -0.15) is 13.2 Å². The van der Waals surface area contributed by atoms with Crippen LogP contribution in [0.1, 0.15) is 10.4 Å². The lowest BCUT2D eigenvalue weighted by Gasteiger charge is -2.13. The maximum Gasteiger partial charge on any atom is 0.419 e. The molecule has 0 bridgehead atoms. The van der Waals surface area contributed by atoms with E-state index in [9.17, 15) is 13.2 Å². The minimum absolute atomic E-state index is 0.181. The molecule has 8 heteroatoms. The van der Waals surface area contributed by atoms with Gasteiger partial charge >= 0.3 is 6.18 Å². The van der Waals surface area contributed by atoms with Gasteiger partial charge in [0.25, 0.3) is 0 Å². The molecule has 96 valence electrons. The van der Waals surface area contributed by atoms with E-state index in [0.717, 1.165) is 10.9 Å². The lowest BCUT2D eigenvalue weighted by molar-refractivity contribution is -0.137. The fourth-order valence-corrected chi connectivity index (χ4v) is 2.16. The van der Waals surface area contributed by atoms with Crippen molar-refractivity contribution in [2.24, 2.45) is 0 Å². The van der Waals surface area contributed by atoms with Crippen molar-refractivity contribution in [3.05, 3.63) is 38.9 Å². The summed E-state index contributed by atoms with van der Waals surface area (Å²) in [6.07, 6.45) is -1.51. The number of pyridine rings is 1. The monoisotopic (exact) mass is 337 g/mol. The smallest absolute Gasteiger partial charge is 0.365 e. The zero-order valence-electron chi connectivity index (χ0n) is 8.83. The molecule has 18 heavy (non-hydrogen) atoms. The van der Waals surface area contributed by atoms with Crippen molar-refractivity contribution in [1.82, 2.24) is 9.97 Å². The summed E-state index contributed by atoms with van der Waals surface area (Å²) in [5, 5.41) is 2.67. The molecule has 0 atom stereocenters. The first-order chi connectivity index (χ1) is 8.47. The predicted octanol–water partition coefficient (Wildman–Crippen LogP) is 3.93. The van der Waals surface area contributed by atoms with Gasteiger partial charge in [-0.05, 0) is 22.0 Å². The third-order valence-corrected chi connectivity index (χ3v) is 3.29. The molecule has 0 aliphatic heterocycles. The van der Waals surface area contributed by atoms with Crippen molar-refractivity contribution in [2.75, 3.05) is 5.32 Å². The van der Waals surface area contributed by atoms with Crippen LogP contribution in [0.5, 0.6) is 0 Å². The second-order valence-electron chi connectivity index (χ2n) is 3.37. The van der Waals surface area contributed by atoms with Gasteiger partial charge in [-0.1, -0.05) is 0 Å². The summed E-state index contributed by atoms with van der Waals surface area (Å²) in [4.78, 5) is 8.44. The highest BCUT2D eigenvalue weighted by Crippen LogP contribution is 2.35. The van der Waals surface area contributed by atoms with Crippen molar-refractivity contribution >= 4 is 33.1 Å². The van der Waals surface area contributed by atoms with E-state index in [1.807, 2.05) is 0 Å². The number of halogens is 4. The number of hydrogen-bond acceptors (Lipinski definition) is 4. The molecular formula is C10H7BrF3N3S. The van der Waals surface area contributed by atoms with Crippen LogP contribution in [0, 0.1) is 0 Å². The fourth-order valence-electron chi connectivity index (χ4n) is 1.30. The second kappa shape index (κ2) is 5.23. The Morgan fingerprint density at radius 2 is 2.11 bits per heavy atom. The van der Waals surface area contributed by atoms with Gasteiger partial charge in [-0.3, -0.25) is 4.98 Å². The molecule has 0 aliphatic carbocycles. The van der Waals surface area contributed by atoms with Gasteiger partial charge in [-0.15, -0.1) is 11.3 Å². The average molecular weight is 338 g/mol. The van der Waals surface area contributed by atoms with E-state index in [1.165, 1.54) is 17.5 Å². The Balaban J connectivity index is 2.22. The molecule has 0 saturated carbocycles. The van der Waals surface area contributed by atoms with Crippen molar-refractivity contribution in [3.8, 4) is 0 Å². The summed E-state index contributed by atoms with van der Waals surface area (Å²) in [5.41, 5.74) is 0.831. The summed E-state index contributed by atoms with van der Waals surface area (Å²) in [6, 6.07) is 1.00. The van der Waals surface area contributed by atoms with Crippen LogP contribution >= 0.6 is 27.3 Å². The van der Waals surface area contributed by atoms with Crippen molar-refractivity contribution in [1.29, 1.82) is 0 Å². The lowest BCUT2D eigenvalue weighted by atomic mass is 10.2. The molecule has 0 aliphatic rings. The van der Waals surface area contributed by atoms with Gasteiger partial charge < -0.3 is 5.32 Å². The van der Waals surface area contributed by atoms with Gasteiger partial charge in [0.05, 0.1) is 17.6 Å². The van der Waals surface area contributed by atoms with Crippen LogP contribution in [-0.4, -0.2) is 9.97 Å². The first kappa shape index (κ1) is 13.3. The van der Waals surface area contributed by atoms with Crippen LogP contribution in [0.3, 0.4) is 0 Å². The summed E-state index contributed by atoms with van der Waals surface area (Å²) in [6.45, 7) is 0.266. The number of hydrogen-bond donors (Lipinski definition) is 1. The number of thiazole rings is 1. The molecule has 2 aromatic rings. The third kappa shape index (κ3) is 3.20. The molecule has 0 unspecified atom stereocenters. The Bertz CT molecular complexity index is 528. The summed E-state index contributed by atoms with van der Waals surface area (Å²) >= 11 is 4.35. The molecule has 2 aromatic heterocycles. The highest BCUT2D eigenvalue weighted by molar-refractivity contribution is 9.10. The third-order valence-electron chi connectivity index (χ3n) is 2.07. The van der Waals surface area contributed by atoms with Crippen LogP contribution in [0.25, 0.3) is 0 Å². The Hall–Kier alpha value is -1.15. The molecule has 1 N–H and O–H groups in total. The zero-order valence-corrected chi connectivity index (χ0v) is 11.2. The van der Waals surface area contributed by atoms with E-state index in [4.69, 9.17) is 0 Å². The number of nitrogens with one attached hydrogen (secondary N) is 1. The first-order valence-corrected chi connectivity index (χ1v) is 6.48. The molecule has 2 rings (SSSR count). The Labute approximate surface area is 113 Å². The van der Waals surface area contributed by atoms with E-state index < -0.39 is 11.7 Å². The molecule has 0 amide bonds. The number of anilines is 1. The predicted molar refractivity (Wildman–Crippen MR) is 66.4 cm³/mol. The number of alkyl halides is 3. The summed E-state index contributed by atoms with van der Waals surface area (Å²) in [7, 11) is 0. The zero-order chi connectivity index (χ0) is 13.2. The molecule has 2 heterocycles. The minimum atomic E-state index is -4.44. The van der Waals surface area contributed by atoms with Gasteiger partial charge in [0.1, 0.15) is 5.82 Å². The molecule has 3 nitrogen and oxygen atoms in total. The Kier molecular flexibility index (Phi) is 3.86. The largest absolute Gasteiger partial charge is 0.419 e. The first-order valence-electron chi connectivity index (χ1n) is 4.81. The topological polar surface area (TPSA) is 37.8 Å². The molecule has 0 saturated heterocycles. The van der Waals surface area contributed by atoms with Crippen molar-refractivity contribution < 1.29 is 13.2 Å². The van der Waals surface area contributed by atoms with Crippen LogP contribution in [0.15, 0.2) is 28.4 Å². The lowest BCUT2D eigenvalue weighted by Crippen LogP contribution is -2.12. The van der Waals surface area contributed by atoms with Crippen LogP contribution in [0.2, 0.25) is 0 Å². The fraction of sp³-hybridized carbons (Fsp3) is 0.200. The highest BCUT2D eigenvalue weighted by Gasteiger charge is 2.34. The number of rotatable bonds is 3. The summed E-state index contributed by atoms with van der Waals surface area (Å²) in [5.74, 6) is -0.181. The molecule has 0 spiro atoms. The SMILES string of the molecule is FC(F)(F)c1cc(Br)cnc1NCc1cncs1. The molecular weight excluding hydrogens is 331 g/mol. The normalized spacial score (nSPS) is 11.6. The maximum atomic E-state index is 12.8. The van der Waals surface area contributed by atoms with Gasteiger partial charge in [0, 0.05) is 21.7 Å². The van der Waals surface area contributed by atoms with E-state index in [-0.39, 0.29) is 16.8 Å². The highest BCUT2D eigenvalue weighted by atomic mass is 79.9. The quantitative estimate of drug-likeness (QED) is 0.921. The molecule has 0 aromatic carbocycles. The average Bonchev–Trinajstić information content (AvgIpc) is 2.79. The van der Waals surface area contributed by atoms with Crippen LogP contribution in [-0.2, 0) is 12.7 Å². The number of aromatic nitrogens is 2. The summed E-state index contributed by atoms with van der Waals surface area (Å²) < 4.78 is 38.6. The number of nitrogens with zero attached hydrogens (tertiary/aromatic N) is 2.